The Balaban J connectivity index is 1.90. The minimum atomic E-state index is 0.384. The van der Waals surface area contributed by atoms with E-state index in [0.717, 1.165) is 13.1 Å². The van der Waals surface area contributed by atoms with E-state index in [1.54, 1.807) is 0 Å². The summed E-state index contributed by atoms with van der Waals surface area (Å²) in [5, 5.41) is 3.58. The molecule has 1 aromatic carbocycles. The van der Waals surface area contributed by atoms with E-state index in [4.69, 9.17) is 0 Å². The molecular formula is C17H24N2. The smallest absolute Gasteiger partial charge is 0.0295 e. The first-order valence-corrected chi connectivity index (χ1v) is 7.13. The molecule has 2 rings (SSSR count). The van der Waals surface area contributed by atoms with Crippen molar-refractivity contribution in [3.8, 4) is 0 Å². The van der Waals surface area contributed by atoms with Gasteiger partial charge >= 0.3 is 0 Å². The number of nitrogens with zero attached hydrogens (tertiary/aromatic N) is 1. The third-order valence-corrected chi connectivity index (χ3v) is 3.45. The minimum Gasteiger partial charge on any atom is -0.354 e. The van der Waals surface area contributed by atoms with Gasteiger partial charge < -0.3 is 9.88 Å². The predicted molar refractivity (Wildman–Crippen MR) is 81.2 cm³/mol. The zero-order valence-electron chi connectivity index (χ0n) is 12.2. The van der Waals surface area contributed by atoms with E-state index in [2.05, 4.69) is 73.4 Å². The van der Waals surface area contributed by atoms with Gasteiger partial charge in [-0.05, 0) is 37.5 Å². The normalized spacial score (nSPS) is 12.6. The quantitative estimate of drug-likeness (QED) is 0.825. The molecular weight excluding hydrogens is 232 g/mol. The first-order valence-electron chi connectivity index (χ1n) is 7.13. The molecule has 2 aromatic rings. The Labute approximate surface area is 116 Å². The van der Waals surface area contributed by atoms with Crippen molar-refractivity contribution in [2.24, 2.45) is 0 Å². The van der Waals surface area contributed by atoms with Crippen LogP contribution in [0.3, 0.4) is 0 Å². The van der Waals surface area contributed by atoms with Crippen molar-refractivity contribution >= 4 is 0 Å². The van der Waals surface area contributed by atoms with Gasteiger partial charge in [0, 0.05) is 31.5 Å². The molecule has 1 N–H and O–H groups in total. The third kappa shape index (κ3) is 3.97. The fourth-order valence-corrected chi connectivity index (χ4v) is 2.32. The summed E-state index contributed by atoms with van der Waals surface area (Å²) in [6.07, 6.45) is 5.58. The molecule has 19 heavy (non-hydrogen) atoms. The summed E-state index contributed by atoms with van der Waals surface area (Å²) >= 11 is 0. The molecule has 0 aliphatic carbocycles. The van der Waals surface area contributed by atoms with E-state index < -0.39 is 0 Å². The van der Waals surface area contributed by atoms with Crippen LogP contribution in [0, 0.1) is 6.92 Å². The molecule has 0 saturated carbocycles. The number of aromatic nitrogens is 1. The fourth-order valence-electron chi connectivity index (χ4n) is 2.32. The van der Waals surface area contributed by atoms with Gasteiger partial charge in [0.1, 0.15) is 0 Å². The Morgan fingerprint density at radius 1 is 1.26 bits per heavy atom. The lowest BCUT2D eigenvalue weighted by atomic mass is 10.1. The zero-order valence-corrected chi connectivity index (χ0v) is 12.2. The maximum Gasteiger partial charge on any atom is 0.0295 e. The van der Waals surface area contributed by atoms with Crippen LogP contribution in [-0.4, -0.2) is 4.57 Å². The second-order valence-corrected chi connectivity index (χ2v) is 5.27. The Bertz CT molecular complexity index is 513. The highest BCUT2D eigenvalue weighted by atomic mass is 14.9. The first-order chi connectivity index (χ1) is 9.19. The van der Waals surface area contributed by atoms with Crippen molar-refractivity contribution in [2.45, 2.75) is 46.3 Å². The van der Waals surface area contributed by atoms with Crippen LogP contribution in [0.25, 0.3) is 0 Å². The second kappa shape index (κ2) is 6.58. The number of rotatable bonds is 6. The van der Waals surface area contributed by atoms with Crippen LogP contribution in [-0.2, 0) is 13.1 Å². The summed E-state index contributed by atoms with van der Waals surface area (Å²) < 4.78 is 2.26. The van der Waals surface area contributed by atoms with Gasteiger partial charge in [-0.3, -0.25) is 0 Å². The topological polar surface area (TPSA) is 17.0 Å². The van der Waals surface area contributed by atoms with Crippen LogP contribution in [0.5, 0.6) is 0 Å². The first kappa shape index (κ1) is 13.9. The highest BCUT2D eigenvalue weighted by Gasteiger charge is 2.05. The molecule has 0 amide bonds. The Morgan fingerprint density at radius 2 is 2.11 bits per heavy atom. The summed E-state index contributed by atoms with van der Waals surface area (Å²) in [5.41, 5.74) is 4.03. The SMILES string of the molecule is CCCn1ccc(CN[C@H](C)c2cccc(C)c2)c1. The molecule has 1 heterocycles. The summed E-state index contributed by atoms with van der Waals surface area (Å²) in [6.45, 7) is 8.59. The van der Waals surface area contributed by atoms with E-state index in [9.17, 15) is 0 Å². The fraction of sp³-hybridized carbons (Fsp3) is 0.412. The molecule has 1 atom stereocenters. The lowest BCUT2D eigenvalue weighted by Gasteiger charge is -2.14. The molecule has 0 aliphatic heterocycles. The van der Waals surface area contributed by atoms with Crippen molar-refractivity contribution < 1.29 is 0 Å². The van der Waals surface area contributed by atoms with E-state index in [1.165, 1.54) is 23.1 Å². The van der Waals surface area contributed by atoms with Crippen LogP contribution in [0.4, 0.5) is 0 Å². The summed E-state index contributed by atoms with van der Waals surface area (Å²) in [7, 11) is 0. The van der Waals surface area contributed by atoms with E-state index in [1.807, 2.05) is 0 Å². The average Bonchev–Trinajstić information content (AvgIpc) is 2.84. The minimum absolute atomic E-state index is 0.384. The highest BCUT2D eigenvalue weighted by molar-refractivity contribution is 5.24. The standard InChI is InChI=1S/C17H24N2/c1-4-9-19-10-8-16(13-19)12-18-15(3)17-7-5-6-14(2)11-17/h5-8,10-11,13,15,18H,4,9,12H2,1-3H3/t15-/m1/s1. The second-order valence-electron chi connectivity index (χ2n) is 5.27. The van der Waals surface area contributed by atoms with Crippen LogP contribution in [0.2, 0.25) is 0 Å². The molecule has 2 heteroatoms. The van der Waals surface area contributed by atoms with E-state index in [-0.39, 0.29) is 0 Å². The summed E-state index contributed by atoms with van der Waals surface area (Å²) in [5.74, 6) is 0. The number of hydrogen-bond donors (Lipinski definition) is 1. The van der Waals surface area contributed by atoms with E-state index >= 15 is 0 Å². The summed E-state index contributed by atoms with van der Waals surface area (Å²) in [6, 6.07) is 11.3. The van der Waals surface area contributed by atoms with Gasteiger partial charge in [-0.2, -0.15) is 0 Å². The van der Waals surface area contributed by atoms with Crippen LogP contribution >= 0.6 is 0 Å². The molecule has 0 bridgehead atoms. The maximum atomic E-state index is 3.58. The molecule has 0 aliphatic rings. The number of aryl methyl sites for hydroxylation is 2. The summed E-state index contributed by atoms with van der Waals surface area (Å²) in [4.78, 5) is 0. The Morgan fingerprint density at radius 3 is 2.84 bits per heavy atom. The van der Waals surface area contributed by atoms with Crippen molar-refractivity contribution in [2.75, 3.05) is 0 Å². The van der Waals surface area contributed by atoms with Gasteiger partial charge in [0.05, 0.1) is 0 Å². The van der Waals surface area contributed by atoms with Gasteiger partial charge in [0.2, 0.25) is 0 Å². The highest BCUT2D eigenvalue weighted by Crippen LogP contribution is 2.14. The van der Waals surface area contributed by atoms with Gasteiger partial charge in [-0.1, -0.05) is 36.8 Å². The number of hydrogen-bond acceptors (Lipinski definition) is 1. The molecule has 0 spiro atoms. The lowest BCUT2D eigenvalue weighted by Crippen LogP contribution is -2.17. The Hall–Kier alpha value is -1.54. The van der Waals surface area contributed by atoms with Crippen molar-refractivity contribution in [3.05, 3.63) is 59.4 Å². The van der Waals surface area contributed by atoms with Crippen LogP contribution < -0.4 is 5.32 Å². The maximum absolute atomic E-state index is 3.58. The molecule has 0 unspecified atom stereocenters. The Kier molecular flexibility index (Phi) is 4.80. The van der Waals surface area contributed by atoms with E-state index in [0.29, 0.717) is 6.04 Å². The van der Waals surface area contributed by atoms with Crippen molar-refractivity contribution in [1.82, 2.24) is 9.88 Å². The van der Waals surface area contributed by atoms with Crippen LogP contribution in [0.1, 0.15) is 43.0 Å². The third-order valence-electron chi connectivity index (χ3n) is 3.45. The molecule has 2 nitrogen and oxygen atoms in total. The predicted octanol–water partition coefficient (Wildman–Crippen LogP) is 4.06. The average molecular weight is 256 g/mol. The molecule has 1 aromatic heterocycles. The van der Waals surface area contributed by atoms with Crippen LogP contribution in [0.15, 0.2) is 42.7 Å². The van der Waals surface area contributed by atoms with Gasteiger partial charge in [-0.25, -0.2) is 0 Å². The number of nitrogens with one attached hydrogen (secondary N) is 1. The van der Waals surface area contributed by atoms with Gasteiger partial charge in [0.15, 0.2) is 0 Å². The molecule has 0 fully saturated rings. The lowest BCUT2D eigenvalue weighted by molar-refractivity contribution is 0.573. The number of benzene rings is 1. The van der Waals surface area contributed by atoms with Crippen molar-refractivity contribution in [3.63, 3.8) is 0 Å². The monoisotopic (exact) mass is 256 g/mol. The van der Waals surface area contributed by atoms with Crippen molar-refractivity contribution in [1.29, 1.82) is 0 Å². The van der Waals surface area contributed by atoms with Gasteiger partial charge in [0.25, 0.3) is 0 Å². The molecule has 0 saturated heterocycles. The molecule has 102 valence electrons. The molecule has 0 radical (unpaired) electrons. The zero-order chi connectivity index (χ0) is 13.7. The van der Waals surface area contributed by atoms with Gasteiger partial charge in [-0.15, -0.1) is 0 Å². The largest absolute Gasteiger partial charge is 0.354 e.